The van der Waals surface area contributed by atoms with Crippen molar-refractivity contribution in [2.75, 3.05) is 25.5 Å². The van der Waals surface area contributed by atoms with Gasteiger partial charge in [0.25, 0.3) is 5.91 Å². The molecule has 1 heterocycles. The zero-order valence-corrected chi connectivity index (χ0v) is 18.6. The Morgan fingerprint density at radius 1 is 1.10 bits per heavy atom. The summed E-state index contributed by atoms with van der Waals surface area (Å²) < 4.78 is 26.5. The van der Waals surface area contributed by atoms with E-state index in [0.717, 1.165) is 5.56 Å². The van der Waals surface area contributed by atoms with E-state index in [4.69, 9.17) is 11.6 Å². The second kappa shape index (κ2) is 10.1. The van der Waals surface area contributed by atoms with Crippen LogP contribution >= 0.6 is 11.6 Å². The Balaban J connectivity index is 1.59. The molecular weight excluding hydrogens is 438 g/mol. The van der Waals surface area contributed by atoms with Gasteiger partial charge in [0.2, 0.25) is 15.9 Å². The Morgan fingerprint density at radius 2 is 1.77 bits per heavy atom. The van der Waals surface area contributed by atoms with Gasteiger partial charge in [-0.2, -0.15) is 4.31 Å². The average Bonchev–Trinajstić information content (AvgIpc) is 2.79. The maximum absolute atomic E-state index is 12.6. The minimum absolute atomic E-state index is 0.206. The van der Waals surface area contributed by atoms with Gasteiger partial charge in [0, 0.05) is 37.2 Å². The first-order valence-electron chi connectivity index (χ1n) is 9.86. The van der Waals surface area contributed by atoms with Crippen molar-refractivity contribution >= 4 is 45.2 Å². The standard InChI is InChI=1S/C22H24ClN3O4S/c1-24-22(28)19-15-18(7-8-20(19)23)25-21(27)17-9-12-26(13-10-17)31(29,30)14-11-16-5-3-2-4-6-16/h2-8,11,14-15,17H,9-10,12-13H2,1H3,(H,24,28)(H,25,27)/b14-11+. The number of piperidine rings is 1. The summed E-state index contributed by atoms with van der Waals surface area (Å²) >= 11 is 6.04. The summed E-state index contributed by atoms with van der Waals surface area (Å²) in [6.07, 6.45) is 2.40. The molecule has 2 aromatic carbocycles. The van der Waals surface area contributed by atoms with Crippen molar-refractivity contribution in [1.82, 2.24) is 9.62 Å². The van der Waals surface area contributed by atoms with Crippen molar-refractivity contribution in [3.63, 3.8) is 0 Å². The molecular formula is C22H24ClN3O4S. The molecule has 9 heteroatoms. The largest absolute Gasteiger partial charge is 0.355 e. The van der Waals surface area contributed by atoms with Crippen LogP contribution in [0.3, 0.4) is 0 Å². The number of carbonyl (C=O) groups excluding carboxylic acids is 2. The lowest BCUT2D eigenvalue weighted by molar-refractivity contribution is -0.120. The third kappa shape index (κ3) is 5.94. The van der Waals surface area contributed by atoms with Crippen LogP contribution in [0.2, 0.25) is 5.02 Å². The molecule has 3 rings (SSSR count). The fraction of sp³-hybridized carbons (Fsp3) is 0.273. The molecule has 2 aromatic rings. The number of halogens is 1. The quantitative estimate of drug-likeness (QED) is 0.689. The third-order valence-corrected chi connectivity index (χ3v) is 7.02. The normalized spacial score (nSPS) is 15.7. The average molecular weight is 462 g/mol. The van der Waals surface area contributed by atoms with Crippen LogP contribution in [0, 0.1) is 5.92 Å². The molecule has 0 aliphatic carbocycles. The molecule has 7 nitrogen and oxygen atoms in total. The highest BCUT2D eigenvalue weighted by atomic mass is 35.5. The topological polar surface area (TPSA) is 95.6 Å². The molecule has 1 saturated heterocycles. The zero-order valence-electron chi connectivity index (χ0n) is 17.0. The molecule has 2 amide bonds. The fourth-order valence-corrected chi connectivity index (χ4v) is 4.77. The summed E-state index contributed by atoms with van der Waals surface area (Å²) in [5.74, 6) is -0.867. The molecule has 0 spiro atoms. The summed E-state index contributed by atoms with van der Waals surface area (Å²) in [7, 11) is -2.05. The molecule has 1 fully saturated rings. The molecule has 31 heavy (non-hydrogen) atoms. The first-order chi connectivity index (χ1) is 14.8. The first kappa shape index (κ1) is 23.0. The van der Waals surface area contributed by atoms with Crippen LogP contribution in [-0.2, 0) is 14.8 Å². The summed E-state index contributed by atoms with van der Waals surface area (Å²) in [5.41, 5.74) is 1.54. The maximum Gasteiger partial charge on any atom is 0.252 e. The lowest BCUT2D eigenvalue weighted by Gasteiger charge is -2.29. The summed E-state index contributed by atoms with van der Waals surface area (Å²) in [5, 5.41) is 6.80. The number of sulfonamides is 1. The van der Waals surface area contributed by atoms with E-state index in [-0.39, 0.29) is 36.4 Å². The monoisotopic (exact) mass is 461 g/mol. The van der Waals surface area contributed by atoms with Gasteiger partial charge in [-0.1, -0.05) is 41.9 Å². The number of carbonyl (C=O) groups is 2. The molecule has 2 N–H and O–H groups in total. The number of nitrogens with zero attached hydrogens (tertiary/aromatic N) is 1. The molecule has 0 aromatic heterocycles. The molecule has 0 atom stereocenters. The summed E-state index contributed by atoms with van der Waals surface area (Å²) in [6, 6.07) is 13.9. The Bertz CT molecular complexity index is 1080. The molecule has 0 unspecified atom stereocenters. The van der Waals surface area contributed by atoms with Crippen molar-refractivity contribution in [1.29, 1.82) is 0 Å². The van der Waals surface area contributed by atoms with Crippen LogP contribution < -0.4 is 10.6 Å². The molecule has 1 aliphatic heterocycles. The van der Waals surface area contributed by atoms with Gasteiger partial charge >= 0.3 is 0 Å². The van der Waals surface area contributed by atoms with Crippen molar-refractivity contribution < 1.29 is 18.0 Å². The van der Waals surface area contributed by atoms with Crippen LogP contribution in [0.5, 0.6) is 0 Å². The van der Waals surface area contributed by atoms with Crippen LogP contribution in [0.15, 0.2) is 53.9 Å². The van der Waals surface area contributed by atoms with Gasteiger partial charge in [-0.05, 0) is 42.7 Å². The van der Waals surface area contributed by atoms with Gasteiger partial charge in [0.05, 0.1) is 10.6 Å². The van der Waals surface area contributed by atoms with Crippen molar-refractivity contribution in [2.24, 2.45) is 5.92 Å². The number of nitrogens with one attached hydrogen (secondary N) is 2. The molecule has 0 bridgehead atoms. The Hall–Kier alpha value is -2.68. The molecule has 0 radical (unpaired) electrons. The lowest BCUT2D eigenvalue weighted by Crippen LogP contribution is -2.40. The van der Waals surface area contributed by atoms with E-state index in [1.54, 1.807) is 18.2 Å². The highest BCUT2D eigenvalue weighted by molar-refractivity contribution is 7.92. The van der Waals surface area contributed by atoms with Crippen LogP contribution in [-0.4, -0.2) is 44.7 Å². The summed E-state index contributed by atoms with van der Waals surface area (Å²) in [4.78, 5) is 24.5. The van der Waals surface area contributed by atoms with E-state index in [9.17, 15) is 18.0 Å². The Morgan fingerprint density at radius 3 is 2.42 bits per heavy atom. The SMILES string of the molecule is CNC(=O)c1cc(NC(=O)C2CCN(S(=O)(=O)/C=C/c3ccccc3)CC2)ccc1Cl. The van der Waals surface area contributed by atoms with Crippen LogP contribution in [0.25, 0.3) is 6.08 Å². The van der Waals surface area contributed by atoms with Crippen molar-refractivity contribution in [3.05, 3.63) is 70.1 Å². The lowest BCUT2D eigenvalue weighted by atomic mass is 9.97. The number of benzene rings is 2. The molecule has 1 aliphatic rings. The van der Waals surface area contributed by atoms with Gasteiger partial charge < -0.3 is 10.6 Å². The smallest absolute Gasteiger partial charge is 0.252 e. The minimum Gasteiger partial charge on any atom is -0.355 e. The predicted molar refractivity (Wildman–Crippen MR) is 122 cm³/mol. The van der Waals surface area contributed by atoms with E-state index < -0.39 is 10.0 Å². The predicted octanol–water partition coefficient (Wildman–Crippen LogP) is 3.35. The van der Waals surface area contributed by atoms with E-state index in [0.29, 0.717) is 23.6 Å². The highest BCUT2D eigenvalue weighted by Crippen LogP contribution is 2.24. The second-order valence-corrected chi connectivity index (χ2v) is 9.42. The van der Waals surface area contributed by atoms with Gasteiger partial charge in [-0.25, -0.2) is 8.42 Å². The van der Waals surface area contributed by atoms with Crippen molar-refractivity contribution in [3.8, 4) is 0 Å². The third-order valence-electron chi connectivity index (χ3n) is 5.12. The number of hydrogen-bond acceptors (Lipinski definition) is 4. The zero-order chi connectivity index (χ0) is 22.4. The van der Waals surface area contributed by atoms with Gasteiger partial charge in [-0.15, -0.1) is 0 Å². The Labute approximate surface area is 187 Å². The van der Waals surface area contributed by atoms with Gasteiger partial charge in [0.1, 0.15) is 0 Å². The number of rotatable bonds is 6. The van der Waals surface area contributed by atoms with Crippen LogP contribution in [0.1, 0.15) is 28.8 Å². The van der Waals surface area contributed by atoms with E-state index in [1.165, 1.54) is 22.8 Å². The Kier molecular flexibility index (Phi) is 7.48. The van der Waals surface area contributed by atoms with E-state index in [1.807, 2.05) is 30.3 Å². The minimum atomic E-state index is -3.55. The molecule has 0 saturated carbocycles. The first-order valence-corrected chi connectivity index (χ1v) is 11.7. The number of amides is 2. The second-order valence-electron chi connectivity index (χ2n) is 7.19. The van der Waals surface area contributed by atoms with Gasteiger partial charge in [-0.3, -0.25) is 9.59 Å². The van der Waals surface area contributed by atoms with E-state index >= 15 is 0 Å². The van der Waals surface area contributed by atoms with Gasteiger partial charge in [0.15, 0.2) is 0 Å². The fourth-order valence-electron chi connectivity index (χ4n) is 3.34. The van der Waals surface area contributed by atoms with E-state index in [2.05, 4.69) is 10.6 Å². The number of hydrogen-bond donors (Lipinski definition) is 2. The summed E-state index contributed by atoms with van der Waals surface area (Å²) in [6.45, 7) is 0.535. The van der Waals surface area contributed by atoms with Crippen molar-refractivity contribution in [2.45, 2.75) is 12.8 Å². The van der Waals surface area contributed by atoms with Crippen LogP contribution in [0.4, 0.5) is 5.69 Å². The maximum atomic E-state index is 12.6. The highest BCUT2D eigenvalue weighted by Gasteiger charge is 2.30. The molecule has 164 valence electrons. The number of anilines is 1.